The van der Waals surface area contributed by atoms with Crippen molar-refractivity contribution in [2.45, 2.75) is 26.3 Å². The number of Topliss-reactive ketones (excluding diaryl/α,β-unsaturated/α-hetero) is 1. The highest BCUT2D eigenvalue weighted by Gasteiger charge is 2.19. The van der Waals surface area contributed by atoms with Crippen LogP contribution in [-0.2, 0) is 19.1 Å². The second kappa shape index (κ2) is 8.15. The molecular formula is C10H17NO4S. The van der Waals surface area contributed by atoms with Crippen molar-refractivity contribution in [2.24, 2.45) is 0 Å². The number of ether oxygens (including phenoxy) is 1. The second-order valence-electron chi connectivity index (χ2n) is 3.30. The van der Waals surface area contributed by atoms with E-state index < -0.39 is 12.0 Å². The number of carbonyl (C=O) groups is 3. The summed E-state index contributed by atoms with van der Waals surface area (Å²) in [5.74, 6) is 0.428. The summed E-state index contributed by atoms with van der Waals surface area (Å²) in [5, 5.41) is 2.50. The third-order valence-corrected chi connectivity index (χ3v) is 2.81. The molecule has 0 saturated carbocycles. The molecule has 0 heterocycles. The number of nitrogens with one attached hydrogen (secondary N) is 1. The average molecular weight is 247 g/mol. The maximum atomic E-state index is 11.3. The Morgan fingerprint density at radius 1 is 1.31 bits per heavy atom. The van der Waals surface area contributed by atoms with Crippen molar-refractivity contribution < 1.29 is 19.1 Å². The van der Waals surface area contributed by atoms with Gasteiger partial charge in [0, 0.05) is 24.9 Å². The van der Waals surface area contributed by atoms with Gasteiger partial charge in [0.1, 0.15) is 11.8 Å². The van der Waals surface area contributed by atoms with Gasteiger partial charge in [-0.2, -0.15) is 11.8 Å². The fraction of sp³-hybridized carbons (Fsp3) is 0.700. The lowest BCUT2D eigenvalue weighted by Crippen LogP contribution is -2.42. The van der Waals surface area contributed by atoms with E-state index >= 15 is 0 Å². The molecule has 5 nitrogen and oxygen atoms in total. The van der Waals surface area contributed by atoms with Crippen LogP contribution in [0.1, 0.15) is 20.3 Å². The van der Waals surface area contributed by atoms with E-state index in [1.54, 1.807) is 0 Å². The summed E-state index contributed by atoms with van der Waals surface area (Å²) in [4.78, 5) is 32.8. The summed E-state index contributed by atoms with van der Waals surface area (Å²) in [6.45, 7) is 2.86. The lowest BCUT2D eigenvalue weighted by atomic mass is 10.3. The molecule has 0 saturated heterocycles. The molecule has 0 aliphatic carbocycles. The Morgan fingerprint density at radius 2 is 1.94 bits per heavy atom. The number of methoxy groups -OCH3 is 1. The summed E-state index contributed by atoms with van der Waals surface area (Å²) in [5.41, 5.74) is 0. The van der Waals surface area contributed by atoms with Crippen LogP contribution in [0.5, 0.6) is 0 Å². The number of esters is 1. The second-order valence-corrected chi connectivity index (χ2v) is 4.45. The van der Waals surface area contributed by atoms with Crippen LogP contribution in [0.15, 0.2) is 0 Å². The summed E-state index contributed by atoms with van der Waals surface area (Å²) < 4.78 is 4.56. The number of hydrogen-bond acceptors (Lipinski definition) is 5. The number of amides is 1. The van der Waals surface area contributed by atoms with E-state index in [-0.39, 0.29) is 11.7 Å². The van der Waals surface area contributed by atoms with Crippen LogP contribution in [0.3, 0.4) is 0 Å². The summed E-state index contributed by atoms with van der Waals surface area (Å²) in [6, 6.07) is -0.639. The summed E-state index contributed by atoms with van der Waals surface area (Å²) >= 11 is 1.44. The lowest BCUT2D eigenvalue weighted by molar-refractivity contribution is -0.144. The van der Waals surface area contributed by atoms with E-state index in [0.717, 1.165) is 0 Å². The molecule has 92 valence electrons. The number of hydrogen-bond donors (Lipinski definition) is 1. The predicted octanol–water partition coefficient (Wildman–Crippen LogP) is 0.376. The quantitative estimate of drug-likeness (QED) is 0.520. The molecule has 0 aliphatic rings. The van der Waals surface area contributed by atoms with Gasteiger partial charge >= 0.3 is 5.97 Å². The molecule has 0 aromatic heterocycles. The first-order valence-corrected chi connectivity index (χ1v) is 6.05. The van der Waals surface area contributed by atoms with E-state index in [1.807, 2.05) is 0 Å². The molecule has 1 amide bonds. The molecule has 1 atom stereocenters. The molecule has 16 heavy (non-hydrogen) atoms. The highest BCUT2D eigenvalue weighted by molar-refractivity contribution is 7.99. The van der Waals surface area contributed by atoms with Gasteiger partial charge in [-0.25, -0.2) is 4.79 Å². The fourth-order valence-electron chi connectivity index (χ4n) is 0.973. The molecule has 0 rings (SSSR count). The van der Waals surface area contributed by atoms with Crippen molar-refractivity contribution in [3.63, 3.8) is 0 Å². The molecule has 0 radical (unpaired) electrons. The molecular weight excluding hydrogens is 230 g/mol. The molecule has 0 fully saturated rings. The zero-order valence-corrected chi connectivity index (χ0v) is 10.6. The average Bonchev–Trinajstić information content (AvgIpc) is 2.20. The molecule has 0 aromatic carbocycles. The molecule has 0 aromatic rings. The van der Waals surface area contributed by atoms with Crippen molar-refractivity contribution in [1.29, 1.82) is 0 Å². The van der Waals surface area contributed by atoms with Crippen LogP contribution in [0, 0.1) is 0 Å². The maximum absolute atomic E-state index is 11.3. The van der Waals surface area contributed by atoms with Gasteiger partial charge in [0.15, 0.2) is 0 Å². The minimum absolute atomic E-state index is 0.113. The Hall–Kier alpha value is -1.04. The Kier molecular flexibility index (Phi) is 7.62. The van der Waals surface area contributed by atoms with Gasteiger partial charge in [0.05, 0.1) is 7.11 Å². The Labute approximate surface area is 99.3 Å². The molecule has 0 bridgehead atoms. The minimum atomic E-state index is -0.639. The number of carbonyl (C=O) groups excluding carboxylic acids is 3. The van der Waals surface area contributed by atoms with Crippen LogP contribution < -0.4 is 5.32 Å². The first kappa shape index (κ1) is 15.0. The van der Waals surface area contributed by atoms with E-state index in [9.17, 15) is 14.4 Å². The predicted molar refractivity (Wildman–Crippen MR) is 62.2 cm³/mol. The van der Waals surface area contributed by atoms with Gasteiger partial charge in [-0.15, -0.1) is 0 Å². The van der Waals surface area contributed by atoms with Crippen molar-refractivity contribution in [3.05, 3.63) is 0 Å². The first-order valence-electron chi connectivity index (χ1n) is 4.89. The Morgan fingerprint density at radius 3 is 2.38 bits per heavy atom. The fourth-order valence-corrected chi connectivity index (χ4v) is 2.03. The van der Waals surface area contributed by atoms with Gasteiger partial charge in [-0.3, -0.25) is 9.59 Å². The number of ketones is 1. The van der Waals surface area contributed by atoms with Gasteiger partial charge < -0.3 is 10.1 Å². The maximum Gasteiger partial charge on any atom is 0.329 e. The van der Waals surface area contributed by atoms with Gasteiger partial charge in [0.2, 0.25) is 5.91 Å². The van der Waals surface area contributed by atoms with Crippen molar-refractivity contribution in [3.8, 4) is 0 Å². The molecule has 0 unspecified atom stereocenters. The minimum Gasteiger partial charge on any atom is -0.467 e. The number of rotatable bonds is 7. The van der Waals surface area contributed by atoms with Crippen LogP contribution in [0.4, 0.5) is 0 Å². The van der Waals surface area contributed by atoms with Crippen molar-refractivity contribution in [1.82, 2.24) is 5.32 Å². The third-order valence-electron chi connectivity index (χ3n) is 1.75. The van der Waals surface area contributed by atoms with Gasteiger partial charge in [0.25, 0.3) is 0 Å². The van der Waals surface area contributed by atoms with Gasteiger partial charge in [-0.05, 0) is 6.92 Å². The highest BCUT2D eigenvalue weighted by atomic mass is 32.2. The SMILES string of the molecule is COC(=O)[C@H](CSCCC(C)=O)NC(C)=O. The largest absolute Gasteiger partial charge is 0.467 e. The number of thioether (sulfide) groups is 1. The molecule has 6 heteroatoms. The van der Waals surface area contributed by atoms with Crippen LogP contribution >= 0.6 is 11.8 Å². The van der Waals surface area contributed by atoms with E-state index in [1.165, 1.54) is 32.7 Å². The Balaban J connectivity index is 3.97. The third kappa shape index (κ3) is 7.28. The molecule has 0 spiro atoms. The van der Waals surface area contributed by atoms with E-state index in [2.05, 4.69) is 10.1 Å². The van der Waals surface area contributed by atoms with Gasteiger partial charge in [-0.1, -0.05) is 0 Å². The lowest BCUT2D eigenvalue weighted by Gasteiger charge is -2.14. The summed E-state index contributed by atoms with van der Waals surface area (Å²) in [6.07, 6.45) is 0.471. The smallest absolute Gasteiger partial charge is 0.329 e. The van der Waals surface area contributed by atoms with E-state index in [4.69, 9.17) is 0 Å². The normalized spacial score (nSPS) is 11.7. The Bertz CT molecular complexity index is 268. The van der Waals surface area contributed by atoms with Crippen LogP contribution in [-0.4, -0.2) is 42.3 Å². The van der Waals surface area contributed by atoms with Crippen molar-refractivity contribution >= 4 is 29.4 Å². The standard InChI is InChI=1S/C10H17NO4S/c1-7(12)4-5-16-6-9(10(14)15-3)11-8(2)13/h9H,4-6H2,1-3H3,(H,11,13)/t9-/m0/s1. The van der Waals surface area contributed by atoms with Crippen LogP contribution in [0.2, 0.25) is 0 Å². The molecule has 0 aliphatic heterocycles. The highest BCUT2D eigenvalue weighted by Crippen LogP contribution is 2.06. The zero-order chi connectivity index (χ0) is 12.6. The van der Waals surface area contributed by atoms with Crippen LogP contribution in [0.25, 0.3) is 0 Å². The monoisotopic (exact) mass is 247 g/mol. The molecule has 1 N–H and O–H groups in total. The topological polar surface area (TPSA) is 72.5 Å². The summed E-state index contributed by atoms with van der Waals surface area (Å²) in [7, 11) is 1.28. The first-order chi connectivity index (χ1) is 7.47. The zero-order valence-electron chi connectivity index (χ0n) is 9.74. The van der Waals surface area contributed by atoms with Crippen molar-refractivity contribution in [2.75, 3.05) is 18.6 Å². The van der Waals surface area contributed by atoms with E-state index in [0.29, 0.717) is 17.9 Å².